The minimum absolute atomic E-state index is 0.736. The Labute approximate surface area is 58.8 Å². The van der Waals surface area contributed by atoms with Crippen LogP contribution < -0.4 is 0 Å². The van der Waals surface area contributed by atoms with Crippen LogP contribution in [-0.2, 0) is 8.23 Å². The summed E-state index contributed by atoms with van der Waals surface area (Å²) >= 11 is 10.6. The van der Waals surface area contributed by atoms with Crippen LogP contribution >= 0.6 is 22.2 Å². The molecule has 0 amide bonds. The zero-order chi connectivity index (χ0) is 5.70. The number of hydrogen-bond donors (Lipinski definition) is 0. The van der Waals surface area contributed by atoms with Crippen LogP contribution in [0.25, 0.3) is 0 Å². The predicted octanol–water partition coefficient (Wildman–Crippen LogP) is -1.51. The second-order valence-corrected chi connectivity index (χ2v) is 8.28. The Kier molecular flexibility index (Phi) is 6.16. The molecule has 0 fully saturated rings. The normalized spacial score (nSPS) is 12.4. The van der Waals surface area contributed by atoms with E-state index in [1.54, 1.807) is 0 Å². The van der Waals surface area contributed by atoms with E-state index in [0.717, 1.165) is 10.5 Å². The lowest BCUT2D eigenvalue weighted by Gasteiger charge is -1.97. The molecule has 0 unspecified atom stereocenters. The van der Waals surface area contributed by atoms with Gasteiger partial charge in [0.25, 0.3) is 10.0 Å². The number of halogens is 2. The smallest absolute Gasteiger partial charge is 0.364 e. The van der Waals surface area contributed by atoms with Gasteiger partial charge in [0.05, 0.1) is 0 Å². The van der Waals surface area contributed by atoms with Crippen LogP contribution in [0.4, 0.5) is 0 Å². The van der Waals surface area contributed by atoms with E-state index in [4.69, 9.17) is 30.4 Å². The molecule has 0 aliphatic carbocycles. The van der Waals surface area contributed by atoms with Crippen LogP contribution in [-0.4, -0.2) is 28.2 Å². The Morgan fingerprint density at radius 2 is 2.14 bits per heavy atom. The van der Waals surface area contributed by atoms with E-state index in [9.17, 15) is 0 Å². The summed E-state index contributed by atoms with van der Waals surface area (Å²) in [5.74, 6) is 0. The Bertz CT molecular complexity index is 39.9. The van der Waals surface area contributed by atoms with Crippen molar-refractivity contribution in [3.63, 3.8) is 0 Å². The minimum atomic E-state index is -1.78. The fourth-order valence-electron chi connectivity index (χ4n) is 0.119. The van der Waals surface area contributed by atoms with Gasteiger partial charge >= 0.3 is 7.66 Å². The van der Waals surface area contributed by atoms with Gasteiger partial charge in [-0.25, -0.2) is 0 Å². The van der Waals surface area contributed by atoms with Crippen LogP contribution in [0.3, 0.4) is 0 Å². The standard InChI is InChI=1S/Cl2H6O2Si3/c1-7(2)4-6-3-5/h7H,6H2,5H3. The van der Waals surface area contributed by atoms with Crippen LogP contribution in [0.15, 0.2) is 0 Å². The molecule has 0 aliphatic rings. The summed E-state index contributed by atoms with van der Waals surface area (Å²) in [6.45, 7) is 0. The van der Waals surface area contributed by atoms with Crippen molar-refractivity contribution in [2.75, 3.05) is 0 Å². The van der Waals surface area contributed by atoms with Gasteiger partial charge in [0, 0.05) is 0 Å². The molecule has 44 valence electrons. The van der Waals surface area contributed by atoms with Crippen LogP contribution in [0.1, 0.15) is 0 Å². The third-order valence-electron chi connectivity index (χ3n) is 0.312. The van der Waals surface area contributed by atoms with Crippen LogP contribution in [0.5, 0.6) is 0 Å². The van der Waals surface area contributed by atoms with Crippen molar-refractivity contribution in [1.82, 2.24) is 0 Å². The molecule has 0 radical (unpaired) electrons. The second kappa shape index (κ2) is 5.29. The van der Waals surface area contributed by atoms with E-state index in [-0.39, 0.29) is 0 Å². The van der Waals surface area contributed by atoms with Crippen LogP contribution in [0, 0.1) is 0 Å². The van der Waals surface area contributed by atoms with Gasteiger partial charge in [-0.15, -0.1) is 22.2 Å². The lowest BCUT2D eigenvalue weighted by atomic mass is 15.8. The lowest BCUT2D eigenvalue weighted by Crippen LogP contribution is -2.08. The maximum Gasteiger partial charge on any atom is 0.364 e. The molecule has 0 saturated carbocycles. The van der Waals surface area contributed by atoms with Crippen molar-refractivity contribution in [2.24, 2.45) is 0 Å². The minimum Gasteiger partial charge on any atom is -0.449 e. The second-order valence-electron chi connectivity index (χ2n) is 0.834. The average Bonchev–Trinajstić information content (AvgIpc) is 1.61. The van der Waals surface area contributed by atoms with Gasteiger partial charge in [-0.3, -0.25) is 0 Å². The van der Waals surface area contributed by atoms with Crippen molar-refractivity contribution in [1.29, 1.82) is 0 Å². The molecule has 0 aliphatic heterocycles. The van der Waals surface area contributed by atoms with E-state index >= 15 is 0 Å². The van der Waals surface area contributed by atoms with E-state index in [0.29, 0.717) is 0 Å². The first kappa shape index (κ1) is 8.15. The predicted molar refractivity (Wildman–Crippen MR) is 39.5 cm³/mol. The van der Waals surface area contributed by atoms with Gasteiger partial charge in [-0.1, -0.05) is 0 Å². The molecule has 0 saturated heterocycles. The number of hydrogen-bond acceptors (Lipinski definition) is 2. The highest BCUT2D eigenvalue weighted by Gasteiger charge is 1.98. The van der Waals surface area contributed by atoms with Gasteiger partial charge < -0.3 is 8.23 Å². The Hall–Kier alpha value is 1.15. The van der Waals surface area contributed by atoms with Gasteiger partial charge in [0.1, 0.15) is 10.5 Å². The van der Waals surface area contributed by atoms with E-state index in [1.807, 2.05) is 0 Å². The Morgan fingerprint density at radius 1 is 1.57 bits per heavy atom. The Balaban J connectivity index is 2.68. The summed E-state index contributed by atoms with van der Waals surface area (Å²) in [4.78, 5) is 0. The molecule has 7 heavy (non-hydrogen) atoms. The topological polar surface area (TPSA) is 18.5 Å². The maximum atomic E-state index is 5.31. The molecule has 0 rings (SSSR count). The first-order chi connectivity index (χ1) is 3.27. The largest absolute Gasteiger partial charge is 0.449 e. The zero-order valence-electron chi connectivity index (χ0n) is 3.86. The molecule has 0 spiro atoms. The highest BCUT2D eigenvalue weighted by atomic mass is 35.7. The molecule has 0 aromatic rings. The van der Waals surface area contributed by atoms with Gasteiger partial charge in [-0.2, -0.15) is 0 Å². The van der Waals surface area contributed by atoms with Crippen molar-refractivity contribution in [3.05, 3.63) is 0 Å². The fourth-order valence-corrected chi connectivity index (χ4v) is 3.23. The van der Waals surface area contributed by atoms with Crippen LogP contribution in [0.2, 0.25) is 0 Å². The Morgan fingerprint density at radius 3 is 2.29 bits per heavy atom. The molecule has 0 aromatic heterocycles. The highest BCUT2D eigenvalue weighted by Crippen LogP contribution is 1.94. The zero-order valence-corrected chi connectivity index (χ0v) is 9.94. The molecule has 0 N–H and O–H groups in total. The monoisotopic (exact) mass is 192 g/mol. The first-order valence-electron chi connectivity index (χ1n) is 1.66. The van der Waals surface area contributed by atoms with E-state index in [2.05, 4.69) is 0 Å². The highest BCUT2D eigenvalue weighted by molar-refractivity contribution is 7.31. The summed E-state index contributed by atoms with van der Waals surface area (Å²) in [7, 11) is -1.81. The van der Waals surface area contributed by atoms with Gasteiger partial charge in [-0.05, 0) is 0 Å². The maximum absolute atomic E-state index is 5.31. The number of rotatable bonds is 3. The summed E-state index contributed by atoms with van der Waals surface area (Å²) in [5, 5.41) is 0. The first-order valence-corrected chi connectivity index (χ1v) is 7.59. The van der Waals surface area contributed by atoms with Crippen molar-refractivity contribution >= 4 is 50.3 Å². The molecular formula is H6Cl2O2Si3. The van der Waals surface area contributed by atoms with Crippen molar-refractivity contribution in [3.8, 4) is 0 Å². The molecule has 7 heteroatoms. The summed E-state index contributed by atoms with van der Waals surface area (Å²) in [6, 6.07) is 0. The summed E-state index contributed by atoms with van der Waals surface area (Å²) < 4.78 is 9.59. The molecule has 0 aromatic carbocycles. The van der Waals surface area contributed by atoms with Gasteiger partial charge in [0.15, 0.2) is 0 Å². The summed E-state index contributed by atoms with van der Waals surface area (Å²) in [6.07, 6.45) is 0. The molecular weight excluding hydrogens is 187 g/mol. The average molecular weight is 193 g/mol. The SMILES string of the molecule is [SiH3]O[SiH2]O[SiH](Cl)Cl. The van der Waals surface area contributed by atoms with E-state index < -0.39 is 17.7 Å². The fraction of sp³-hybridized carbons (Fsp3) is 0. The molecule has 0 heterocycles. The van der Waals surface area contributed by atoms with E-state index in [1.165, 1.54) is 0 Å². The summed E-state index contributed by atoms with van der Waals surface area (Å²) in [5.41, 5.74) is 0. The van der Waals surface area contributed by atoms with Crippen molar-refractivity contribution < 1.29 is 8.23 Å². The quantitative estimate of drug-likeness (QED) is 0.401. The van der Waals surface area contributed by atoms with Gasteiger partial charge in [0.2, 0.25) is 0 Å². The molecule has 0 atom stereocenters. The third kappa shape index (κ3) is 7.15. The molecule has 0 bridgehead atoms. The third-order valence-corrected chi connectivity index (χ3v) is 5.07. The lowest BCUT2D eigenvalue weighted by molar-refractivity contribution is 0.507. The molecule has 2 nitrogen and oxygen atoms in total. The van der Waals surface area contributed by atoms with Crippen molar-refractivity contribution in [2.45, 2.75) is 0 Å².